The van der Waals surface area contributed by atoms with Gasteiger partial charge in [0, 0.05) is 37.0 Å². The summed E-state index contributed by atoms with van der Waals surface area (Å²) in [6.45, 7) is 5.58. The number of carbonyl (C=O) groups is 1. The van der Waals surface area contributed by atoms with Crippen molar-refractivity contribution in [1.29, 1.82) is 0 Å². The molecule has 1 unspecified atom stereocenters. The van der Waals surface area contributed by atoms with Gasteiger partial charge >= 0.3 is 6.03 Å². The topological polar surface area (TPSA) is 71.0 Å². The van der Waals surface area contributed by atoms with Crippen molar-refractivity contribution in [2.45, 2.75) is 33.1 Å². The van der Waals surface area contributed by atoms with Gasteiger partial charge in [0.2, 0.25) is 0 Å². The van der Waals surface area contributed by atoms with E-state index in [1.807, 2.05) is 18.7 Å². The van der Waals surface area contributed by atoms with E-state index in [4.69, 9.17) is 0 Å². The number of carbonyl (C=O) groups excluding carboxylic acids is 1. The number of urea groups is 1. The number of aryl methyl sites for hydroxylation is 2. The first-order chi connectivity index (χ1) is 11.1. The third kappa shape index (κ3) is 4.04. The molecule has 122 valence electrons. The minimum Gasteiger partial charge on any atom is -0.324 e. The zero-order chi connectivity index (χ0) is 16.2. The molecule has 0 bridgehead atoms. The van der Waals surface area contributed by atoms with Crippen LogP contribution in [0.4, 0.5) is 10.5 Å². The van der Waals surface area contributed by atoms with Gasteiger partial charge in [-0.25, -0.2) is 19.7 Å². The van der Waals surface area contributed by atoms with Crippen molar-refractivity contribution in [3.05, 3.63) is 34.3 Å². The fraction of sp³-hybridized carbons (Fsp3) is 0.500. The van der Waals surface area contributed by atoms with Gasteiger partial charge in [0.15, 0.2) is 0 Å². The van der Waals surface area contributed by atoms with E-state index in [1.165, 1.54) is 5.01 Å². The van der Waals surface area contributed by atoms with E-state index in [0.29, 0.717) is 11.6 Å². The maximum Gasteiger partial charge on any atom is 0.321 e. The normalized spacial score (nSPS) is 17.5. The highest BCUT2D eigenvalue weighted by Gasteiger charge is 2.27. The Bertz CT molecular complexity index is 669. The van der Waals surface area contributed by atoms with Gasteiger partial charge in [0.05, 0.1) is 23.1 Å². The monoisotopic (exact) mass is 331 g/mol. The highest BCUT2D eigenvalue weighted by atomic mass is 32.1. The predicted octanol–water partition coefficient (Wildman–Crippen LogP) is 2.90. The second-order valence-electron chi connectivity index (χ2n) is 5.86. The van der Waals surface area contributed by atoms with Crippen LogP contribution in [0, 0.1) is 12.8 Å². The number of nitrogens with one attached hydrogen (secondary N) is 1. The lowest BCUT2D eigenvalue weighted by Crippen LogP contribution is -2.33. The molecule has 1 aliphatic rings. The molecule has 0 aliphatic carbocycles. The van der Waals surface area contributed by atoms with Gasteiger partial charge in [-0.2, -0.15) is 0 Å². The zero-order valence-corrected chi connectivity index (χ0v) is 14.3. The van der Waals surface area contributed by atoms with E-state index in [-0.39, 0.29) is 6.03 Å². The van der Waals surface area contributed by atoms with Crippen molar-refractivity contribution in [2.75, 3.05) is 18.4 Å². The van der Waals surface area contributed by atoms with E-state index in [2.05, 4.69) is 25.6 Å². The molecule has 23 heavy (non-hydrogen) atoms. The Labute approximate surface area is 140 Å². The first-order valence-electron chi connectivity index (χ1n) is 7.92. The van der Waals surface area contributed by atoms with Gasteiger partial charge in [-0.05, 0) is 19.3 Å². The van der Waals surface area contributed by atoms with Gasteiger partial charge in [-0.3, -0.25) is 0 Å². The van der Waals surface area contributed by atoms with E-state index in [9.17, 15) is 4.79 Å². The summed E-state index contributed by atoms with van der Waals surface area (Å²) in [5.74, 6) is 1.27. The second-order valence-corrected chi connectivity index (χ2v) is 6.80. The Kier molecular flexibility index (Phi) is 4.85. The van der Waals surface area contributed by atoms with E-state index >= 15 is 0 Å². The maximum atomic E-state index is 12.3. The molecule has 2 aromatic heterocycles. The lowest BCUT2D eigenvalue weighted by molar-refractivity contribution is 0.220. The van der Waals surface area contributed by atoms with Crippen LogP contribution >= 0.6 is 11.3 Å². The van der Waals surface area contributed by atoms with Gasteiger partial charge in [0.1, 0.15) is 5.82 Å². The Morgan fingerprint density at radius 1 is 1.43 bits per heavy atom. The molecule has 0 spiro atoms. The largest absolute Gasteiger partial charge is 0.324 e. The molecule has 2 aromatic rings. The van der Waals surface area contributed by atoms with Crippen LogP contribution in [0.5, 0.6) is 0 Å². The van der Waals surface area contributed by atoms with Crippen molar-refractivity contribution < 1.29 is 4.79 Å². The second kappa shape index (κ2) is 7.04. The molecule has 1 fully saturated rings. The predicted molar refractivity (Wildman–Crippen MR) is 90.7 cm³/mol. The maximum absolute atomic E-state index is 12.3. The fourth-order valence-electron chi connectivity index (χ4n) is 2.73. The number of nitrogens with zero attached hydrogens (tertiary/aromatic N) is 4. The number of aromatic nitrogens is 3. The number of likely N-dealkylation sites (tertiary alicyclic amines) is 1. The quantitative estimate of drug-likeness (QED) is 0.935. The van der Waals surface area contributed by atoms with Gasteiger partial charge in [-0.15, -0.1) is 11.3 Å². The Morgan fingerprint density at radius 2 is 2.22 bits per heavy atom. The van der Waals surface area contributed by atoms with Crippen LogP contribution in [0.15, 0.2) is 17.8 Å². The highest BCUT2D eigenvalue weighted by molar-refractivity contribution is 7.09. The number of hydrogen-bond donors (Lipinski definition) is 1. The van der Waals surface area contributed by atoms with Crippen LogP contribution in [0.2, 0.25) is 0 Å². The molecular weight excluding hydrogens is 310 g/mol. The first kappa shape index (κ1) is 15.9. The molecule has 1 N–H and O–H groups in total. The van der Waals surface area contributed by atoms with E-state index in [0.717, 1.165) is 43.9 Å². The molecule has 0 saturated carbocycles. The summed E-state index contributed by atoms with van der Waals surface area (Å²) < 4.78 is 0. The SMILES string of the molecule is CCc1ncc(NC(=O)N2CCC(Cc3nc(C)cs3)C2)cn1. The van der Waals surface area contributed by atoms with Crippen LogP contribution < -0.4 is 5.32 Å². The van der Waals surface area contributed by atoms with Crippen LogP contribution in [-0.2, 0) is 12.8 Å². The standard InChI is InChI=1S/C16H21N5OS/c1-3-14-17-7-13(8-18-14)20-16(22)21-5-4-12(9-21)6-15-19-11(2)10-23-15/h7-8,10,12H,3-6,9H2,1-2H3,(H,20,22). The summed E-state index contributed by atoms with van der Waals surface area (Å²) >= 11 is 1.71. The smallest absolute Gasteiger partial charge is 0.321 e. The minimum atomic E-state index is -0.0735. The van der Waals surface area contributed by atoms with Gasteiger partial charge in [0.25, 0.3) is 0 Å². The average molecular weight is 331 g/mol. The Morgan fingerprint density at radius 3 is 2.87 bits per heavy atom. The molecule has 3 heterocycles. The average Bonchev–Trinajstić information content (AvgIpc) is 3.18. The molecule has 1 saturated heterocycles. The number of rotatable bonds is 4. The number of amides is 2. The van der Waals surface area contributed by atoms with Crippen molar-refractivity contribution >= 4 is 23.1 Å². The highest BCUT2D eigenvalue weighted by Crippen LogP contribution is 2.23. The van der Waals surface area contributed by atoms with Crippen molar-refractivity contribution in [3.63, 3.8) is 0 Å². The number of thiazole rings is 1. The molecule has 3 rings (SSSR count). The molecular formula is C16H21N5OS. The van der Waals surface area contributed by atoms with Gasteiger partial charge in [-0.1, -0.05) is 6.92 Å². The first-order valence-corrected chi connectivity index (χ1v) is 8.80. The van der Waals surface area contributed by atoms with E-state index < -0.39 is 0 Å². The molecule has 1 aliphatic heterocycles. The Balaban J connectivity index is 1.52. The summed E-state index contributed by atoms with van der Waals surface area (Å²) in [4.78, 5) is 27.1. The lowest BCUT2D eigenvalue weighted by Gasteiger charge is -2.17. The molecule has 1 atom stereocenters. The summed E-state index contributed by atoms with van der Waals surface area (Å²) in [7, 11) is 0. The summed E-state index contributed by atoms with van der Waals surface area (Å²) in [6, 6.07) is -0.0735. The lowest BCUT2D eigenvalue weighted by atomic mass is 10.1. The third-order valence-corrected chi connectivity index (χ3v) is 4.96. The molecule has 7 heteroatoms. The van der Waals surface area contributed by atoms with Crippen LogP contribution in [-0.4, -0.2) is 39.0 Å². The van der Waals surface area contributed by atoms with Crippen molar-refractivity contribution in [3.8, 4) is 0 Å². The third-order valence-electron chi connectivity index (χ3n) is 3.98. The molecule has 6 nitrogen and oxygen atoms in total. The number of hydrogen-bond acceptors (Lipinski definition) is 5. The number of anilines is 1. The van der Waals surface area contributed by atoms with Crippen molar-refractivity contribution in [2.24, 2.45) is 5.92 Å². The molecule has 2 amide bonds. The Hall–Kier alpha value is -2.02. The summed E-state index contributed by atoms with van der Waals surface area (Å²) in [5.41, 5.74) is 1.72. The molecule has 0 aromatic carbocycles. The molecule has 0 radical (unpaired) electrons. The van der Waals surface area contributed by atoms with Crippen LogP contribution in [0.25, 0.3) is 0 Å². The van der Waals surface area contributed by atoms with Crippen LogP contribution in [0.1, 0.15) is 29.9 Å². The van der Waals surface area contributed by atoms with Crippen LogP contribution in [0.3, 0.4) is 0 Å². The van der Waals surface area contributed by atoms with E-state index in [1.54, 1.807) is 23.7 Å². The minimum absolute atomic E-state index is 0.0735. The summed E-state index contributed by atoms with van der Waals surface area (Å²) in [5, 5.41) is 6.12. The fourth-order valence-corrected chi connectivity index (χ4v) is 3.62. The zero-order valence-electron chi connectivity index (χ0n) is 13.5. The van der Waals surface area contributed by atoms with Gasteiger partial charge < -0.3 is 10.2 Å². The summed E-state index contributed by atoms with van der Waals surface area (Å²) in [6.07, 6.45) is 6.09. The van der Waals surface area contributed by atoms with Crippen molar-refractivity contribution in [1.82, 2.24) is 19.9 Å².